The highest BCUT2D eigenvalue weighted by atomic mass is 14.5. The van der Waals surface area contributed by atoms with E-state index in [1.54, 1.807) is 12.0 Å². The van der Waals surface area contributed by atoms with Gasteiger partial charge in [0.15, 0.2) is 0 Å². The number of fused-ring (bicyclic) bond motifs is 1. The van der Waals surface area contributed by atoms with Crippen LogP contribution in [0.15, 0.2) is 11.6 Å². The van der Waals surface area contributed by atoms with Gasteiger partial charge in [-0.2, -0.15) is 0 Å². The lowest BCUT2D eigenvalue weighted by Gasteiger charge is -2.43. The van der Waals surface area contributed by atoms with Crippen molar-refractivity contribution >= 4 is 0 Å². The van der Waals surface area contributed by atoms with Gasteiger partial charge in [0.2, 0.25) is 0 Å². The highest BCUT2D eigenvalue weighted by molar-refractivity contribution is 5.30. The van der Waals surface area contributed by atoms with Crippen molar-refractivity contribution in [3.8, 4) is 0 Å². The Kier molecular flexibility index (Phi) is 1.63. The maximum atomic E-state index is 2.53. The quantitative estimate of drug-likeness (QED) is 0.572. The molecule has 0 heteroatoms. The third kappa shape index (κ3) is 1.18. The van der Waals surface area contributed by atoms with Crippen LogP contribution in [0.4, 0.5) is 0 Å². The molecule has 0 aromatic heterocycles. The number of hydrogen-bond donors (Lipinski definition) is 0. The fourth-order valence-electron chi connectivity index (χ4n) is 3.53. The maximum absolute atomic E-state index is 2.53. The maximum Gasteiger partial charge on any atom is -0.0134 e. The second kappa shape index (κ2) is 2.62. The van der Waals surface area contributed by atoms with Crippen LogP contribution >= 0.6 is 0 Å². The summed E-state index contributed by atoms with van der Waals surface area (Å²) in [5.74, 6) is 2.12. The molecule has 0 nitrogen and oxygen atoms in total. The van der Waals surface area contributed by atoms with E-state index in [1.165, 1.54) is 38.5 Å². The fraction of sp³-hybridized carbons (Fsp3) is 0.846. The van der Waals surface area contributed by atoms with E-state index in [0.717, 1.165) is 17.3 Å². The molecule has 3 rings (SSSR count). The van der Waals surface area contributed by atoms with Gasteiger partial charge in [-0.25, -0.2) is 0 Å². The lowest BCUT2D eigenvalue weighted by atomic mass is 9.62. The van der Waals surface area contributed by atoms with E-state index in [2.05, 4.69) is 13.0 Å². The van der Waals surface area contributed by atoms with E-state index in [4.69, 9.17) is 0 Å². The summed E-state index contributed by atoms with van der Waals surface area (Å²) in [7, 11) is 0. The molecule has 0 heterocycles. The molecule has 3 aliphatic rings. The van der Waals surface area contributed by atoms with Crippen LogP contribution in [0.5, 0.6) is 0 Å². The van der Waals surface area contributed by atoms with Crippen molar-refractivity contribution < 1.29 is 0 Å². The van der Waals surface area contributed by atoms with Gasteiger partial charge in [-0.1, -0.05) is 31.4 Å². The van der Waals surface area contributed by atoms with Gasteiger partial charge in [0.25, 0.3) is 0 Å². The zero-order valence-corrected chi connectivity index (χ0v) is 8.68. The first-order chi connectivity index (χ1) is 6.33. The lowest BCUT2D eigenvalue weighted by molar-refractivity contribution is 0.0847. The van der Waals surface area contributed by atoms with Gasteiger partial charge in [-0.15, -0.1) is 0 Å². The van der Waals surface area contributed by atoms with E-state index in [-0.39, 0.29) is 0 Å². The first-order valence-corrected chi connectivity index (χ1v) is 6.02. The molecule has 13 heavy (non-hydrogen) atoms. The molecule has 72 valence electrons. The van der Waals surface area contributed by atoms with Crippen LogP contribution in [-0.4, -0.2) is 0 Å². The average Bonchev–Trinajstić information content (AvgIpc) is 2.76. The first-order valence-electron chi connectivity index (χ1n) is 6.02. The van der Waals surface area contributed by atoms with Crippen LogP contribution in [0.1, 0.15) is 51.9 Å². The highest BCUT2D eigenvalue weighted by Crippen LogP contribution is 2.58. The largest absolute Gasteiger partial charge is 0.0847 e. The zero-order chi connectivity index (χ0) is 8.89. The summed E-state index contributed by atoms with van der Waals surface area (Å²) < 4.78 is 0. The molecule has 3 aliphatic carbocycles. The minimum atomic E-state index is 0.802. The molecule has 0 N–H and O–H groups in total. The van der Waals surface area contributed by atoms with Crippen molar-refractivity contribution in [2.75, 3.05) is 0 Å². The van der Waals surface area contributed by atoms with Gasteiger partial charge in [-0.05, 0) is 49.4 Å². The fourth-order valence-corrected chi connectivity index (χ4v) is 3.53. The molecular weight excluding hydrogens is 156 g/mol. The average molecular weight is 176 g/mol. The smallest absolute Gasteiger partial charge is 0.0134 e. The molecule has 0 aliphatic heterocycles. The lowest BCUT2D eigenvalue weighted by Crippen LogP contribution is -2.31. The van der Waals surface area contributed by atoms with E-state index in [9.17, 15) is 0 Å². The Labute approximate surface area is 81.4 Å². The molecule has 2 atom stereocenters. The summed E-state index contributed by atoms with van der Waals surface area (Å²) in [5.41, 5.74) is 2.60. The van der Waals surface area contributed by atoms with Crippen molar-refractivity contribution in [1.29, 1.82) is 0 Å². The highest BCUT2D eigenvalue weighted by Gasteiger charge is 2.46. The molecule has 0 aromatic carbocycles. The molecule has 0 spiro atoms. The van der Waals surface area contributed by atoms with Crippen molar-refractivity contribution in [1.82, 2.24) is 0 Å². The Morgan fingerprint density at radius 2 is 2.31 bits per heavy atom. The Morgan fingerprint density at radius 1 is 1.46 bits per heavy atom. The summed E-state index contributed by atoms with van der Waals surface area (Å²) in [6.07, 6.45) is 13.0. The SMILES string of the molecule is CCC1(CC2CC=C3CC32)CCC1. The Balaban J connectivity index is 1.62. The zero-order valence-electron chi connectivity index (χ0n) is 8.68. The summed E-state index contributed by atoms with van der Waals surface area (Å²) in [6.45, 7) is 2.40. The second-order valence-electron chi connectivity index (χ2n) is 5.50. The van der Waals surface area contributed by atoms with Gasteiger partial charge in [0.1, 0.15) is 0 Å². The van der Waals surface area contributed by atoms with Crippen LogP contribution in [0.2, 0.25) is 0 Å². The van der Waals surface area contributed by atoms with Gasteiger partial charge in [0.05, 0.1) is 0 Å². The predicted molar refractivity (Wildman–Crippen MR) is 55.5 cm³/mol. The summed E-state index contributed by atoms with van der Waals surface area (Å²) in [6, 6.07) is 0. The summed E-state index contributed by atoms with van der Waals surface area (Å²) >= 11 is 0. The van der Waals surface area contributed by atoms with Crippen LogP contribution in [0.3, 0.4) is 0 Å². The topological polar surface area (TPSA) is 0 Å². The van der Waals surface area contributed by atoms with Crippen molar-refractivity contribution in [2.45, 2.75) is 51.9 Å². The van der Waals surface area contributed by atoms with Gasteiger partial charge in [-0.3, -0.25) is 0 Å². The molecule has 2 fully saturated rings. The van der Waals surface area contributed by atoms with Crippen molar-refractivity contribution in [3.63, 3.8) is 0 Å². The Hall–Kier alpha value is -0.260. The normalized spacial score (nSPS) is 39.3. The molecule has 2 saturated carbocycles. The van der Waals surface area contributed by atoms with Crippen molar-refractivity contribution in [3.05, 3.63) is 11.6 Å². The molecule has 0 amide bonds. The summed E-state index contributed by atoms with van der Waals surface area (Å²) in [5, 5.41) is 0. The third-order valence-electron chi connectivity index (χ3n) is 4.88. The summed E-state index contributed by atoms with van der Waals surface area (Å²) in [4.78, 5) is 0. The number of hydrogen-bond acceptors (Lipinski definition) is 0. The molecule has 2 unspecified atom stereocenters. The standard InChI is InChI=1S/C13H20/c1-2-13(6-3-7-13)9-11-5-4-10-8-12(10)11/h4,11-12H,2-3,5-9H2,1H3. The minimum Gasteiger partial charge on any atom is -0.0847 e. The van der Waals surface area contributed by atoms with E-state index >= 15 is 0 Å². The molecule has 0 bridgehead atoms. The molecule has 0 saturated heterocycles. The minimum absolute atomic E-state index is 0.802. The Bertz CT molecular complexity index is 239. The third-order valence-corrected chi connectivity index (χ3v) is 4.88. The molecule has 0 radical (unpaired) electrons. The monoisotopic (exact) mass is 176 g/mol. The second-order valence-corrected chi connectivity index (χ2v) is 5.50. The van der Waals surface area contributed by atoms with Gasteiger partial charge < -0.3 is 0 Å². The van der Waals surface area contributed by atoms with E-state index in [0.29, 0.717) is 0 Å². The number of rotatable bonds is 3. The van der Waals surface area contributed by atoms with Gasteiger partial charge in [0, 0.05) is 0 Å². The predicted octanol–water partition coefficient (Wildman–Crippen LogP) is 3.92. The van der Waals surface area contributed by atoms with Crippen LogP contribution in [0.25, 0.3) is 0 Å². The van der Waals surface area contributed by atoms with Crippen molar-refractivity contribution in [2.24, 2.45) is 17.3 Å². The molecule has 0 aromatic rings. The molecular formula is C13H20. The first kappa shape index (κ1) is 8.08. The van der Waals surface area contributed by atoms with Crippen LogP contribution in [0, 0.1) is 17.3 Å². The van der Waals surface area contributed by atoms with Crippen LogP contribution < -0.4 is 0 Å². The van der Waals surface area contributed by atoms with E-state index < -0.39 is 0 Å². The number of allylic oxidation sites excluding steroid dienone is 2. The van der Waals surface area contributed by atoms with E-state index in [1.807, 2.05) is 0 Å². The Morgan fingerprint density at radius 3 is 2.69 bits per heavy atom. The van der Waals surface area contributed by atoms with Crippen LogP contribution in [-0.2, 0) is 0 Å². The van der Waals surface area contributed by atoms with Gasteiger partial charge >= 0.3 is 0 Å².